The monoisotopic (exact) mass is 497 g/mol. The maximum absolute atomic E-state index is 4.84. The molecule has 1 aliphatic carbocycles. The second kappa shape index (κ2) is 8.42. The van der Waals surface area contributed by atoms with Crippen molar-refractivity contribution in [2.24, 2.45) is 0 Å². The van der Waals surface area contributed by atoms with E-state index in [1.54, 1.807) is 6.33 Å². The van der Waals surface area contributed by atoms with Crippen LogP contribution in [0.5, 0.6) is 0 Å². The molecule has 0 spiro atoms. The Balaban J connectivity index is 1.34. The fourth-order valence-electron chi connectivity index (χ4n) is 6.16. The fourth-order valence-corrected chi connectivity index (χ4v) is 7.38. The topological polar surface area (TPSA) is 74.1 Å². The van der Waals surface area contributed by atoms with Crippen molar-refractivity contribution in [2.75, 3.05) is 31.1 Å². The zero-order valence-corrected chi connectivity index (χ0v) is 21.9. The van der Waals surface area contributed by atoms with E-state index in [1.807, 2.05) is 15.9 Å². The molecule has 2 aliphatic rings. The summed E-state index contributed by atoms with van der Waals surface area (Å²) < 4.78 is 1.96. The molecular weight excluding hydrogens is 466 g/mol. The summed E-state index contributed by atoms with van der Waals surface area (Å²) in [6.07, 6.45) is 9.28. The molecule has 184 valence electrons. The highest BCUT2D eigenvalue weighted by Crippen LogP contribution is 2.46. The van der Waals surface area contributed by atoms with Gasteiger partial charge < -0.3 is 15.2 Å². The number of hydrogen-bond donors (Lipinski definition) is 2. The van der Waals surface area contributed by atoms with Crippen LogP contribution in [0.3, 0.4) is 0 Å². The van der Waals surface area contributed by atoms with Gasteiger partial charge in [0.2, 0.25) is 0 Å². The molecule has 2 N–H and O–H groups in total. The molecule has 1 saturated heterocycles. The third-order valence-corrected chi connectivity index (χ3v) is 9.12. The first kappa shape index (κ1) is 22.0. The maximum atomic E-state index is 4.84. The van der Waals surface area contributed by atoms with Crippen LogP contribution in [-0.4, -0.2) is 50.7 Å². The van der Waals surface area contributed by atoms with Crippen LogP contribution in [-0.2, 0) is 12.8 Å². The average molecular weight is 498 g/mol. The number of aromatic amines is 1. The van der Waals surface area contributed by atoms with Gasteiger partial charge in [0.05, 0.1) is 5.69 Å². The Bertz CT molecular complexity index is 1580. The summed E-state index contributed by atoms with van der Waals surface area (Å²) in [5.41, 5.74) is 10.3. The minimum atomic E-state index is 0.395. The van der Waals surface area contributed by atoms with E-state index >= 15 is 0 Å². The summed E-state index contributed by atoms with van der Waals surface area (Å²) in [7, 11) is 0. The Labute approximate surface area is 214 Å². The largest absolute Gasteiger partial charge is 0.354 e. The zero-order valence-electron chi connectivity index (χ0n) is 21.1. The number of pyridine rings is 2. The van der Waals surface area contributed by atoms with Gasteiger partial charge in [-0.2, -0.15) is 5.10 Å². The Kier molecular flexibility index (Phi) is 5.15. The van der Waals surface area contributed by atoms with Gasteiger partial charge >= 0.3 is 0 Å². The smallest absolute Gasteiger partial charge is 0.158 e. The molecule has 1 aliphatic heterocycles. The quantitative estimate of drug-likeness (QED) is 0.351. The van der Waals surface area contributed by atoms with Crippen LogP contribution in [0.15, 0.2) is 30.9 Å². The molecule has 5 aromatic rings. The van der Waals surface area contributed by atoms with Crippen molar-refractivity contribution in [3.63, 3.8) is 0 Å². The number of aryl methyl sites for hydroxylation is 2. The number of nitrogens with zero attached hydrogens (tertiary/aromatic N) is 5. The number of nitrogens with one attached hydrogen (secondary N) is 2. The van der Waals surface area contributed by atoms with Crippen LogP contribution < -0.4 is 10.2 Å². The summed E-state index contributed by atoms with van der Waals surface area (Å²) in [6, 6.07) is 4.42. The van der Waals surface area contributed by atoms with E-state index in [9.17, 15) is 0 Å². The Hall–Kier alpha value is -3.23. The number of hydrogen-bond acceptors (Lipinski definition) is 6. The third kappa shape index (κ3) is 3.31. The first-order valence-corrected chi connectivity index (χ1v) is 13.8. The lowest BCUT2D eigenvalue weighted by atomic mass is 9.93. The summed E-state index contributed by atoms with van der Waals surface area (Å²) in [5.74, 6) is 1.47. The van der Waals surface area contributed by atoms with Crippen molar-refractivity contribution in [3.8, 4) is 21.7 Å². The van der Waals surface area contributed by atoms with Gasteiger partial charge in [0.1, 0.15) is 17.0 Å². The van der Waals surface area contributed by atoms with Gasteiger partial charge in [-0.15, -0.1) is 11.3 Å². The van der Waals surface area contributed by atoms with Gasteiger partial charge in [0, 0.05) is 65.5 Å². The predicted molar refractivity (Wildman–Crippen MR) is 147 cm³/mol. The lowest BCUT2D eigenvalue weighted by Gasteiger charge is -2.28. The van der Waals surface area contributed by atoms with E-state index in [-0.39, 0.29) is 0 Å². The summed E-state index contributed by atoms with van der Waals surface area (Å²) in [4.78, 5) is 18.2. The first-order chi connectivity index (χ1) is 17.6. The van der Waals surface area contributed by atoms with E-state index in [4.69, 9.17) is 4.98 Å². The highest BCUT2D eigenvalue weighted by molar-refractivity contribution is 7.22. The van der Waals surface area contributed by atoms with Crippen molar-refractivity contribution in [3.05, 3.63) is 53.1 Å². The summed E-state index contributed by atoms with van der Waals surface area (Å²) in [6.45, 7) is 10.9. The SMILES string of the molecule is Cc1c(-c2ccc(N3CCNCC3)nc2)sc2[nH]c(-c3cn4ncnc4c4c3CCC4)c(C(C)C)c12. The van der Waals surface area contributed by atoms with E-state index in [2.05, 4.69) is 70.6 Å². The molecule has 0 aromatic carbocycles. The van der Waals surface area contributed by atoms with E-state index in [1.165, 1.54) is 60.6 Å². The number of anilines is 1. The first-order valence-electron chi connectivity index (χ1n) is 13.0. The third-order valence-electron chi connectivity index (χ3n) is 7.86. The second-order valence-electron chi connectivity index (χ2n) is 10.4. The molecule has 0 radical (unpaired) electrons. The van der Waals surface area contributed by atoms with Crippen LogP contribution in [0.25, 0.3) is 37.6 Å². The standard InChI is InChI=1S/C28H31N7S/c1-16(2)23-24-17(3)26(18-7-8-22(30-13-18)34-11-9-29-10-12-34)36-28(24)33-25(23)21-14-35-27(31-15-32-35)20-6-4-5-19(20)21/h7-8,13-16,29,33H,4-6,9-12H2,1-3H3. The molecule has 8 heteroatoms. The number of piperazine rings is 1. The van der Waals surface area contributed by atoms with Gasteiger partial charge in [0.15, 0.2) is 5.65 Å². The van der Waals surface area contributed by atoms with Crippen LogP contribution in [0.4, 0.5) is 5.82 Å². The lowest BCUT2D eigenvalue weighted by molar-refractivity contribution is 0.585. The van der Waals surface area contributed by atoms with Crippen molar-refractivity contribution >= 4 is 33.0 Å². The average Bonchev–Trinajstić information content (AvgIpc) is 3.68. The van der Waals surface area contributed by atoms with Gasteiger partial charge in [-0.25, -0.2) is 14.5 Å². The van der Waals surface area contributed by atoms with Crippen LogP contribution in [0, 0.1) is 6.92 Å². The molecule has 0 amide bonds. The molecule has 0 bridgehead atoms. The van der Waals surface area contributed by atoms with Gasteiger partial charge in [0.25, 0.3) is 0 Å². The van der Waals surface area contributed by atoms with Gasteiger partial charge in [-0.05, 0) is 60.9 Å². The normalized spacial score (nSPS) is 16.1. The molecular formula is C28H31N7S. The summed E-state index contributed by atoms with van der Waals surface area (Å²) >= 11 is 1.85. The highest BCUT2D eigenvalue weighted by Gasteiger charge is 2.27. The number of H-pyrrole nitrogens is 1. The fraction of sp³-hybridized carbons (Fsp3) is 0.393. The van der Waals surface area contributed by atoms with Gasteiger partial charge in [-0.3, -0.25) is 0 Å². The second-order valence-corrected chi connectivity index (χ2v) is 11.4. The van der Waals surface area contributed by atoms with Crippen LogP contribution >= 0.6 is 11.3 Å². The molecule has 0 saturated carbocycles. The van der Waals surface area contributed by atoms with E-state index in [0.29, 0.717) is 5.92 Å². The number of thiophene rings is 1. The molecule has 0 unspecified atom stereocenters. The molecule has 1 fully saturated rings. The number of fused-ring (bicyclic) bond motifs is 4. The number of rotatable bonds is 4. The minimum absolute atomic E-state index is 0.395. The molecule has 7 rings (SSSR count). The highest BCUT2D eigenvalue weighted by atomic mass is 32.1. The lowest BCUT2D eigenvalue weighted by Crippen LogP contribution is -2.43. The maximum Gasteiger partial charge on any atom is 0.158 e. The Morgan fingerprint density at radius 3 is 2.67 bits per heavy atom. The Morgan fingerprint density at radius 1 is 1.06 bits per heavy atom. The molecule has 6 heterocycles. The molecule has 7 nitrogen and oxygen atoms in total. The summed E-state index contributed by atoms with van der Waals surface area (Å²) in [5, 5.41) is 9.28. The van der Waals surface area contributed by atoms with E-state index in [0.717, 1.165) is 50.5 Å². The molecule has 36 heavy (non-hydrogen) atoms. The minimum Gasteiger partial charge on any atom is -0.354 e. The van der Waals surface area contributed by atoms with E-state index < -0.39 is 0 Å². The van der Waals surface area contributed by atoms with Crippen molar-refractivity contribution in [1.29, 1.82) is 0 Å². The van der Waals surface area contributed by atoms with Crippen LogP contribution in [0.2, 0.25) is 0 Å². The predicted octanol–water partition coefficient (Wildman–Crippen LogP) is 5.33. The Morgan fingerprint density at radius 2 is 1.89 bits per heavy atom. The molecule has 0 atom stereocenters. The van der Waals surface area contributed by atoms with Crippen LogP contribution in [0.1, 0.15) is 48.4 Å². The zero-order chi connectivity index (χ0) is 24.4. The molecule has 5 aromatic heterocycles. The van der Waals surface area contributed by atoms with Crippen molar-refractivity contribution < 1.29 is 0 Å². The number of aromatic nitrogens is 5. The van der Waals surface area contributed by atoms with Crippen molar-refractivity contribution in [2.45, 2.75) is 46.0 Å². The van der Waals surface area contributed by atoms with Gasteiger partial charge in [-0.1, -0.05) is 13.8 Å². The van der Waals surface area contributed by atoms with Crippen molar-refractivity contribution in [1.82, 2.24) is 29.9 Å².